The van der Waals surface area contributed by atoms with Gasteiger partial charge in [-0.3, -0.25) is 9.59 Å². The first-order chi connectivity index (χ1) is 15.8. The highest BCUT2D eigenvalue weighted by Gasteiger charge is 2.34. The van der Waals surface area contributed by atoms with Crippen LogP contribution in [-0.2, 0) is 26.2 Å². The van der Waals surface area contributed by atoms with Gasteiger partial charge in [0.2, 0.25) is 21.8 Å². The number of benzene rings is 1. The van der Waals surface area contributed by atoms with Crippen LogP contribution in [0.1, 0.15) is 50.8 Å². The van der Waals surface area contributed by atoms with E-state index in [1.807, 2.05) is 31.4 Å². The lowest BCUT2D eigenvalue weighted by Crippen LogP contribution is -2.55. The Morgan fingerprint density at radius 2 is 1.76 bits per heavy atom. The second-order valence-electron chi connectivity index (χ2n) is 8.77. The quantitative estimate of drug-likeness (QED) is 0.532. The number of nitrogens with zero attached hydrogens (tertiary/aromatic N) is 1. The molecular weight excluding hydrogens is 458 g/mol. The van der Waals surface area contributed by atoms with E-state index in [1.165, 1.54) is 34.8 Å². The van der Waals surface area contributed by atoms with Gasteiger partial charge in [-0.2, -0.15) is 0 Å². The Morgan fingerprint density at radius 3 is 2.36 bits per heavy atom. The average molecular weight is 492 g/mol. The van der Waals surface area contributed by atoms with E-state index in [1.54, 1.807) is 18.2 Å². The van der Waals surface area contributed by atoms with Crippen molar-refractivity contribution in [2.24, 2.45) is 5.92 Å². The van der Waals surface area contributed by atoms with Crippen LogP contribution in [-0.4, -0.2) is 43.8 Å². The molecule has 0 unspecified atom stereocenters. The molecule has 1 heterocycles. The van der Waals surface area contributed by atoms with E-state index < -0.39 is 28.5 Å². The molecule has 0 radical (unpaired) electrons. The topological polar surface area (TPSA) is 95.6 Å². The SMILES string of the molecule is CC(C)[C@@H](C(=O)NC1CCCCC1)N(Cc1cccs1)C(=O)CNS(=O)(=O)c1ccccc1. The summed E-state index contributed by atoms with van der Waals surface area (Å²) in [7, 11) is -3.84. The van der Waals surface area contributed by atoms with E-state index in [-0.39, 0.29) is 29.3 Å². The zero-order valence-corrected chi connectivity index (χ0v) is 20.8. The average Bonchev–Trinajstić information content (AvgIpc) is 3.31. The van der Waals surface area contributed by atoms with Crippen LogP contribution in [0.15, 0.2) is 52.7 Å². The third-order valence-electron chi connectivity index (χ3n) is 5.88. The highest BCUT2D eigenvalue weighted by Crippen LogP contribution is 2.21. The smallest absolute Gasteiger partial charge is 0.243 e. The van der Waals surface area contributed by atoms with Crippen molar-refractivity contribution in [3.63, 3.8) is 0 Å². The Hall–Kier alpha value is -2.23. The van der Waals surface area contributed by atoms with Crippen molar-refractivity contribution >= 4 is 33.2 Å². The number of sulfonamides is 1. The highest BCUT2D eigenvalue weighted by atomic mass is 32.2. The van der Waals surface area contributed by atoms with Gasteiger partial charge in [-0.15, -0.1) is 11.3 Å². The molecule has 0 spiro atoms. The summed E-state index contributed by atoms with van der Waals surface area (Å²) >= 11 is 1.50. The fourth-order valence-electron chi connectivity index (χ4n) is 4.19. The largest absolute Gasteiger partial charge is 0.352 e. The Labute approximate surface area is 200 Å². The molecule has 1 fully saturated rings. The molecule has 1 aliphatic carbocycles. The van der Waals surface area contributed by atoms with Crippen molar-refractivity contribution in [2.45, 2.75) is 69.5 Å². The maximum atomic E-state index is 13.3. The summed E-state index contributed by atoms with van der Waals surface area (Å²) < 4.78 is 27.6. The zero-order valence-electron chi connectivity index (χ0n) is 19.2. The Morgan fingerprint density at radius 1 is 1.06 bits per heavy atom. The van der Waals surface area contributed by atoms with Crippen LogP contribution >= 0.6 is 11.3 Å². The van der Waals surface area contributed by atoms with Gasteiger partial charge in [0.1, 0.15) is 6.04 Å². The van der Waals surface area contributed by atoms with E-state index in [2.05, 4.69) is 10.0 Å². The summed E-state index contributed by atoms with van der Waals surface area (Å²) in [5, 5.41) is 5.06. The highest BCUT2D eigenvalue weighted by molar-refractivity contribution is 7.89. The van der Waals surface area contributed by atoms with Crippen LogP contribution in [0.3, 0.4) is 0 Å². The minimum Gasteiger partial charge on any atom is -0.352 e. The first kappa shape index (κ1) is 25.4. The van der Waals surface area contributed by atoms with Crippen LogP contribution in [0.25, 0.3) is 0 Å². The summed E-state index contributed by atoms with van der Waals surface area (Å²) in [6.45, 7) is 3.66. The number of rotatable bonds is 10. The summed E-state index contributed by atoms with van der Waals surface area (Å²) in [4.78, 5) is 29.2. The van der Waals surface area contributed by atoms with Crippen LogP contribution in [0, 0.1) is 5.92 Å². The number of carbonyl (C=O) groups excluding carboxylic acids is 2. The molecule has 2 N–H and O–H groups in total. The van der Waals surface area contributed by atoms with E-state index in [4.69, 9.17) is 0 Å². The fourth-order valence-corrected chi connectivity index (χ4v) is 5.89. The molecule has 180 valence electrons. The van der Waals surface area contributed by atoms with E-state index in [0.29, 0.717) is 0 Å². The van der Waals surface area contributed by atoms with Crippen molar-refractivity contribution < 1.29 is 18.0 Å². The summed E-state index contributed by atoms with van der Waals surface area (Å²) in [5.41, 5.74) is 0. The van der Waals surface area contributed by atoms with E-state index >= 15 is 0 Å². The first-order valence-corrected chi connectivity index (χ1v) is 13.8. The van der Waals surface area contributed by atoms with Gasteiger partial charge < -0.3 is 10.2 Å². The molecule has 1 aromatic carbocycles. The van der Waals surface area contributed by atoms with Crippen LogP contribution < -0.4 is 10.0 Å². The number of carbonyl (C=O) groups is 2. The second-order valence-corrected chi connectivity index (χ2v) is 11.6. The van der Waals surface area contributed by atoms with Crippen molar-refractivity contribution in [1.82, 2.24) is 14.9 Å². The molecule has 2 aromatic rings. The Balaban J connectivity index is 1.77. The van der Waals surface area contributed by atoms with Crippen molar-refractivity contribution in [2.75, 3.05) is 6.54 Å². The lowest BCUT2D eigenvalue weighted by Gasteiger charge is -2.35. The number of hydrogen-bond donors (Lipinski definition) is 2. The molecule has 1 saturated carbocycles. The summed E-state index contributed by atoms with van der Waals surface area (Å²) in [6.07, 6.45) is 5.27. The standard InChI is InChI=1S/C24H33N3O4S2/c1-18(2)23(24(29)26-19-10-5-3-6-11-19)27(17-20-12-9-15-32-20)22(28)16-25-33(30,31)21-13-7-4-8-14-21/h4,7-9,12-15,18-19,23,25H,3,5-6,10-11,16-17H2,1-2H3,(H,26,29)/t23-/m0/s1. The fraction of sp³-hybridized carbons (Fsp3) is 0.500. The molecule has 7 nitrogen and oxygen atoms in total. The minimum absolute atomic E-state index is 0.0954. The minimum atomic E-state index is -3.84. The predicted molar refractivity (Wildman–Crippen MR) is 130 cm³/mol. The maximum Gasteiger partial charge on any atom is 0.243 e. The number of amides is 2. The first-order valence-electron chi connectivity index (χ1n) is 11.4. The normalized spacial score (nSPS) is 15.8. The molecule has 0 aliphatic heterocycles. The molecule has 1 atom stereocenters. The number of hydrogen-bond acceptors (Lipinski definition) is 5. The monoisotopic (exact) mass is 491 g/mol. The van der Waals surface area contributed by atoms with Gasteiger partial charge in [0, 0.05) is 10.9 Å². The van der Waals surface area contributed by atoms with Crippen LogP contribution in [0.2, 0.25) is 0 Å². The summed E-state index contributed by atoms with van der Waals surface area (Å²) in [5.74, 6) is -0.739. The van der Waals surface area contributed by atoms with Gasteiger partial charge in [-0.25, -0.2) is 13.1 Å². The predicted octanol–water partition coefficient (Wildman–Crippen LogP) is 3.53. The molecule has 33 heavy (non-hydrogen) atoms. The molecule has 3 rings (SSSR count). The van der Waals surface area contributed by atoms with Crippen molar-refractivity contribution in [3.05, 3.63) is 52.7 Å². The molecular formula is C24H33N3O4S2. The molecule has 0 saturated heterocycles. The van der Waals surface area contributed by atoms with Crippen LogP contribution in [0.4, 0.5) is 0 Å². The lowest BCUT2D eigenvalue weighted by molar-refractivity contribution is -0.142. The van der Waals surface area contributed by atoms with Crippen molar-refractivity contribution in [1.29, 1.82) is 0 Å². The van der Waals surface area contributed by atoms with Gasteiger partial charge in [0.25, 0.3) is 0 Å². The number of thiophene rings is 1. The van der Waals surface area contributed by atoms with Gasteiger partial charge in [0.05, 0.1) is 18.0 Å². The van der Waals surface area contributed by atoms with Gasteiger partial charge in [-0.1, -0.05) is 57.4 Å². The summed E-state index contributed by atoms with van der Waals surface area (Å²) in [6, 6.07) is 11.2. The Bertz CT molecular complexity index is 1000. The zero-order chi connectivity index (χ0) is 23.8. The molecule has 1 aromatic heterocycles. The van der Waals surface area contributed by atoms with E-state index in [0.717, 1.165) is 30.6 Å². The third-order valence-corrected chi connectivity index (χ3v) is 8.16. The van der Waals surface area contributed by atoms with Crippen molar-refractivity contribution in [3.8, 4) is 0 Å². The maximum absolute atomic E-state index is 13.3. The van der Waals surface area contributed by atoms with Gasteiger partial charge >= 0.3 is 0 Å². The van der Waals surface area contributed by atoms with E-state index in [9.17, 15) is 18.0 Å². The molecule has 2 amide bonds. The van der Waals surface area contributed by atoms with Crippen LogP contribution in [0.5, 0.6) is 0 Å². The van der Waals surface area contributed by atoms with Gasteiger partial charge in [-0.05, 0) is 42.3 Å². The second kappa shape index (κ2) is 11.8. The third kappa shape index (κ3) is 7.12. The van der Waals surface area contributed by atoms with Gasteiger partial charge in [0.15, 0.2) is 0 Å². The number of nitrogens with one attached hydrogen (secondary N) is 2. The lowest BCUT2D eigenvalue weighted by atomic mass is 9.94. The molecule has 1 aliphatic rings. The Kier molecular flexibility index (Phi) is 9.05. The molecule has 0 bridgehead atoms. The molecule has 9 heteroatoms.